The van der Waals surface area contributed by atoms with Gasteiger partial charge in [-0.3, -0.25) is 4.98 Å². The normalized spacial score (nSPS) is 11.1. The van der Waals surface area contributed by atoms with Gasteiger partial charge in [-0.25, -0.2) is 15.0 Å². The molecule has 9 aromatic carbocycles. The maximum Gasteiger partial charge on any atom is 0.164 e. The Morgan fingerprint density at radius 3 is 1.17 bits per heavy atom. The first-order valence-electron chi connectivity index (χ1n) is 21.5. The van der Waals surface area contributed by atoms with E-state index in [9.17, 15) is 0 Å². The van der Waals surface area contributed by atoms with Crippen molar-refractivity contribution < 1.29 is 0 Å². The third kappa shape index (κ3) is 7.77. The molecule has 300 valence electrons. The van der Waals surface area contributed by atoms with Crippen molar-refractivity contribution in [2.24, 2.45) is 0 Å². The molecule has 0 spiro atoms. The van der Waals surface area contributed by atoms with Gasteiger partial charge in [-0.15, -0.1) is 0 Å². The van der Waals surface area contributed by atoms with Gasteiger partial charge in [-0.2, -0.15) is 0 Å². The summed E-state index contributed by atoms with van der Waals surface area (Å²) in [6.07, 6.45) is 1.88. The first kappa shape index (κ1) is 38.3. The average molecular weight is 817 g/mol. The Bertz CT molecular complexity index is 3360. The molecule has 0 atom stereocenters. The van der Waals surface area contributed by atoms with E-state index in [0.717, 1.165) is 94.4 Å². The summed E-state index contributed by atoms with van der Waals surface area (Å²) in [5.74, 6) is 1.74. The van der Waals surface area contributed by atoms with Gasteiger partial charge in [0, 0.05) is 33.8 Å². The monoisotopic (exact) mass is 816 g/mol. The Kier molecular flexibility index (Phi) is 10.2. The van der Waals surface area contributed by atoms with Gasteiger partial charge in [0.2, 0.25) is 0 Å². The number of benzene rings is 9. The zero-order chi connectivity index (χ0) is 42.7. The number of pyridine rings is 1. The molecular weight excluding hydrogens is 777 g/mol. The van der Waals surface area contributed by atoms with E-state index in [0.29, 0.717) is 17.5 Å². The number of fused-ring (bicyclic) bond motifs is 1. The summed E-state index contributed by atoms with van der Waals surface area (Å²) < 4.78 is 0. The van der Waals surface area contributed by atoms with Crippen molar-refractivity contribution in [1.29, 1.82) is 0 Å². The predicted octanol–water partition coefficient (Wildman–Crippen LogP) is 15.4. The van der Waals surface area contributed by atoms with E-state index in [1.54, 1.807) is 0 Å². The second-order valence-electron chi connectivity index (χ2n) is 15.9. The van der Waals surface area contributed by atoms with E-state index in [4.69, 9.17) is 19.9 Å². The molecule has 0 aliphatic rings. The highest BCUT2D eigenvalue weighted by molar-refractivity contribution is 5.95. The molecule has 0 bridgehead atoms. The van der Waals surface area contributed by atoms with Gasteiger partial charge < -0.3 is 0 Å². The van der Waals surface area contributed by atoms with Crippen molar-refractivity contribution in [2.45, 2.75) is 0 Å². The molecule has 11 rings (SSSR count). The standard InChI is InChI=1S/C60H40N4/c1-5-18-41(19-6-1)48-35-49(42-20-7-2-8-21-42)38-52(37-48)59-62-58(47-28-17-27-46(34-47)57-56-31-14-13-26-45(56)32-33-61-57)63-60(64-59)53-39-50(43-22-9-3-10-23-43)36-51(40-53)55-30-16-15-29-54(55)44-24-11-4-12-25-44/h1-40H. The Labute approximate surface area is 373 Å². The zero-order valence-corrected chi connectivity index (χ0v) is 34.9. The van der Waals surface area contributed by atoms with Crippen LogP contribution >= 0.6 is 0 Å². The summed E-state index contributed by atoms with van der Waals surface area (Å²) >= 11 is 0. The molecule has 0 radical (unpaired) electrons. The van der Waals surface area contributed by atoms with Gasteiger partial charge in [-0.05, 0) is 110 Å². The predicted molar refractivity (Wildman–Crippen MR) is 264 cm³/mol. The number of hydrogen-bond acceptors (Lipinski definition) is 4. The highest BCUT2D eigenvalue weighted by Crippen LogP contribution is 2.39. The molecule has 0 saturated heterocycles. The van der Waals surface area contributed by atoms with E-state index in [2.05, 4.69) is 224 Å². The smallest absolute Gasteiger partial charge is 0.164 e. The highest BCUT2D eigenvalue weighted by atomic mass is 15.0. The van der Waals surface area contributed by atoms with Crippen LogP contribution in [0.25, 0.3) is 112 Å². The first-order chi connectivity index (χ1) is 31.7. The molecule has 11 aromatic rings. The first-order valence-corrected chi connectivity index (χ1v) is 21.5. The van der Waals surface area contributed by atoms with Crippen LogP contribution in [0.15, 0.2) is 243 Å². The lowest BCUT2D eigenvalue weighted by molar-refractivity contribution is 1.07. The second kappa shape index (κ2) is 17.0. The van der Waals surface area contributed by atoms with Crippen LogP contribution in [0.5, 0.6) is 0 Å². The lowest BCUT2D eigenvalue weighted by Crippen LogP contribution is -2.01. The lowest BCUT2D eigenvalue weighted by Gasteiger charge is -2.15. The number of hydrogen-bond donors (Lipinski definition) is 0. The second-order valence-corrected chi connectivity index (χ2v) is 15.9. The topological polar surface area (TPSA) is 51.6 Å². The SMILES string of the molecule is c1ccc(-c2cc(-c3ccccc3)cc(-c3nc(-c4cc(-c5ccccc5)cc(-c5ccccc5-c5ccccc5)c4)nc(-c4cccc(-c5nccc6ccccc56)c4)n3)c2)cc1. The van der Waals surface area contributed by atoms with E-state index >= 15 is 0 Å². The highest BCUT2D eigenvalue weighted by Gasteiger charge is 2.18. The van der Waals surface area contributed by atoms with Crippen molar-refractivity contribution in [3.8, 4) is 101 Å². The van der Waals surface area contributed by atoms with Crippen LogP contribution in [0.3, 0.4) is 0 Å². The Balaban J connectivity index is 1.15. The molecule has 0 aliphatic heterocycles. The van der Waals surface area contributed by atoms with Crippen LogP contribution in [-0.2, 0) is 0 Å². The van der Waals surface area contributed by atoms with Gasteiger partial charge in [0.25, 0.3) is 0 Å². The molecular formula is C60H40N4. The summed E-state index contributed by atoms with van der Waals surface area (Å²) in [4.78, 5) is 21.0. The third-order valence-corrected chi connectivity index (χ3v) is 11.7. The molecule has 64 heavy (non-hydrogen) atoms. The molecule has 0 N–H and O–H groups in total. The minimum absolute atomic E-state index is 0.574. The summed E-state index contributed by atoms with van der Waals surface area (Å²) in [5.41, 5.74) is 15.6. The largest absolute Gasteiger partial charge is 0.256 e. The molecule has 0 saturated carbocycles. The van der Waals surface area contributed by atoms with Gasteiger partial charge in [0.15, 0.2) is 17.5 Å². The van der Waals surface area contributed by atoms with Crippen LogP contribution in [-0.4, -0.2) is 19.9 Å². The van der Waals surface area contributed by atoms with Gasteiger partial charge in [-0.1, -0.05) is 188 Å². The Hall–Kier alpha value is -8.60. The quantitative estimate of drug-likeness (QED) is 0.146. The summed E-state index contributed by atoms with van der Waals surface area (Å²) in [5, 5.41) is 2.23. The van der Waals surface area contributed by atoms with Crippen LogP contribution < -0.4 is 0 Å². The van der Waals surface area contributed by atoms with Gasteiger partial charge >= 0.3 is 0 Å². The fourth-order valence-corrected chi connectivity index (χ4v) is 8.58. The molecule has 4 nitrogen and oxygen atoms in total. The van der Waals surface area contributed by atoms with Gasteiger partial charge in [0.1, 0.15) is 0 Å². The number of rotatable bonds is 9. The molecule has 0 fully saturated rings. The minimum Gasteiger partial charge on any atom is -0.256 e. The summed E-state index contributed by atoms with van der Waals surface area (Å²) in [6, 6.07) is 82.9. The fraction of sp³-hybridized carbons (Fsp3) is 0. The lowest BCUT2D eigenvalue weighted by atomic mass is 9.91. The zero-order valence-electron chi connectivity index (χ0n) is 34.9. The van der Waals surface area contributed by atoms with E-state index in [-0.39, 0.29) is 0 Å². The van der Waals surface area contributed by atoms with Crippen LogP contribution in [0.1, 0.15) is 0 Å². The van der Waals surface area contributed by atoms with Crippen LogP contribution in [0.4, 0.5) is 0 Å². The summed E-state index contributed by atoms with van der Waals surface area (Å²) in [6.45, 7) is 0. The van der Waals surface area contributed by atoms with Crippen molar-refractivity contribution in [3.05, 3.63) is 243 Å². The third-order valence-electron chi connectivity index (χ3n) is 11.7. The van der Waals surface area contributed by atoms with Crippen molar-refractivity contribution in [3.63, 3.8) is 0 Å². The molecule has 2 heterocycles. The fourth-order valence-electron chi connectivity index (χ4n) is 8.58. The molecule has 0 amide bonds. The average Bonchev–Trinajstić information content (AvgIpc) is 3.39. The van der Waals surface area contributed by atoms with Crippen LogP contribution in [0, 0.1) is 0 Å². The van der Waals surface area contributed by atoms with Crippen LogP contribution in [0.2, 0.25) is 0 Å². The molecule has 0 aliphatic carbocycles. The number of aromatic nitrogens is 4. The van der Waals surface area contributed by atoms with E-state index in [1.165, 1.54) is 0 Å². The summed E-state index contributed by atoms with van der Waals surface area (Å²) in [7, 11) is 0. The van der Waals surface area contributed by atoms with Crippen molar-refractivity contribution in [1.82, 2.24) is 19.9 Å². The Morgan fingerprint density at radius 2 is 0.609 bits per heavy atom. The van der Waals surface area contributed by atoms with E-state index in [1.807, 2.05) is 18.3 Å². The van der Waals surface area contributed by atoms with Gasteiger partial charge in [0.05, 0.1) is 5.69 Å². The van der Waals surface area contributed by atoms with Crippen molar-refractivity contribution in [2.75, 3.05) is 0 Å². The molecule has 4 heteroatoms. The maximum atomic E-state index is 5.41. The maximum absolute atomic E-state index is 5.41. The molecule has 2 aromatic heterocycles. The Morgan fingerprint density at radius 1 is 0.234 bits per heavy atom. The number of nitrogens with zero attached hydrogens (tertiary/aromatic N) is 4. The minimum atomic E-state index is 0.574. The molecule has 0 unspecified atom stereocenters. The van der Waals surface area contributed by atoms with E-state index < -0.39 is 0 Å². The van der Waals surface area contributed by atoms with Crippen molar-refractivity contribution >= 4 is 10.8 Å².